The van der Waals surface area contributed by atoms with Gasteiger partial charge in [0.1, 0.15) is 0 Å². The summed E-state index contributed by atoms with van der Waals surface area (Å²) in [5.74, 6) is 1.08. The van der Waals surface area contributed by atoms with Gasteiger partial charge in [-0.25, -0.2) is 0 Å². The van der Waals surface area contributed by atoms with Gasteiger partial charge in [0.15, 0.2) is 11.5 Å². The van der Waals surface area contributed by atoms with Crippen LogP contribution in [0.2, 0.25) is 0 Å². The Morgan fingerprint density at radius 2 is 1.82 bits per heavy atom. The highest BCUT2D eigenvalue weighted by Gasteiger charge is 2.30. The number of nitrogens with one attached hydrogen (secondary N) is 1. The number of benzene rings is 2. The molecule has 0 spiro atoms. The lowest BCUT2D eigenvalue weighted by Gasteiger charge is -2.07. The predicted octanol–water partition coefficient (Wildman–Crippen LogP) is 3.41. The molecule has 1 N–H and O–H groups in total. The second kappa shape index (κ2) is 6.87. The molecule has 0 aliphatic carbocycles. The topological polar surface area (TPSA) is 86.5 Å². The van der Waals surface area contributed by atoms with E-state index in [2.05, 4.69) is 15.5 Å². The monoisotopic (exact) mass is 391 g/mol. The number of rotatable bonds is 4. The number of carbonyl (C=O) groups is 1. The SMILES string of the molecule is O=C(NCc1nc(-c2ccc3c(c2)OCO3)no1)c1ccc(C(F)(F)F)cc1. The molecule has 1 amide bonds. The van der Waals surface area contributed by atoms with Gasteiger partial charge in [-0.15, -0.1) is 0 Å². The quantitative estimate of drug-likeness (QED) is 0.734. The standard InChI is InChI=1S/C18H12F3N3O4/c19-18(20,21)12-4-1-10(2-5-12)17(25)22-8-15-23-16(24-28-15)11-3-6-13-14(7-11)27-9-26-13/h1-7H,8-9H2,(H,22,25). The molecule has 0 unspecified atom stereocenters. The number of carbonyl (C=O) groups excluding carboxylic acids is 1. The molecule has 7 nitrogen and oxygen atoms in total. The van der Waals surface area contributed by atoms with Crippen LogP contribution in [0.25, 0.3) is 11.4 Å². The number of hydrogen-bond donors (Lipinski definition) is 1. The van der Waals surface area contributed by atoms with Gasteiger partial charge in [0, 0.05) is 11.1 Å². The van der Waals surface area contributed by atoms with Crippen molar-refractivity contribution in [2.24, 2.45) is 0 Å². The number of alkyl halides is 3. The highest BCUT2D eigenvalue weighted by Crippen LogP contribution is 2.35. The van der Waals surface area contributed by atoms with Gasteiger partial charge in [-0.3, -0.25) is 4.79 Å². The van der Waals surface area contributed by atoms with Crippen LogP contribution in [-0.2, 0) is 12.7 Å². The van der Waals surface area contributed by atoms with Crippen LogP contribution in [0.4, 0.5) is 13.2 Å². The molecule has 3 aromatic rings. The average Bonchev–Trinajstić information content (AvgIpc) is 3.34. The Morgan fingerprint density at radius 3 is 2.57 bits per heavy atom. The van der Waals surface area contributed by atoms with E-state index in [1.54, 1.807) is 18.2 Å². The van der Waals surface area contributed by atoms with Crippen molar-refractivity contribution in [3.8, 4) is 22.9 Å². The zero-order valence-corrected chi connectivity index (χ0v) is 14.1. The second-order valence-electron chi connectivity index (χ2n) is 5.84. The minimum atomic E-state index is -4.45. The van der Waals surface area contributed by atoms with E-state index in [1.165, 1.54) is 0 Å². The largest absolute Gasteiger partial charge is 0.454 e. The molecular weight excluding hydrogens is 379 g/mol. The minimum absolute atomic E-state index is 0.0720. The smallest absolute Gasteiger partial charge is 0.416 e. The minimum Gasteiger partial charge on any atom is -0.454 e. The third-order valence-electron chi connectivity index (χ3n) is 3.97. The Labute approximate surface area is 156 Å². The van der Waals surface area contributed by atoms with E-state index in [-0.39, 0.29) is 24.8 Å². The number of amides is 1. The molecule has 2 heterocycles. The number of aromatic nitrogens is 2. The molecule has 4 rings (SSSR count). The number of hydrogen-bond acceptors (Lipinski definition) is 6. The van der Waals surface area contributed by atoms with Gasteiger partial charge in [-0.2, -0.15) is 18.2 Å². The van der Waals surface area contributed by atoms with E-state index in [9.17, 15) is 18.0 Å². The van der Waals surface area contributed by atoms with E-state index in [0.717, 1.165) is 24.3 Å². The number of ether oxygens (including phenoxy) is 2. The van der Waals surface area contributed by atoms with Gasteiger partial charge in [0.2, 0.25) is 18.5 Å². The molecule has 10 heteroatoms. The van der Waals surface area contributed by atoms with E-state index >= 15 is 0 Å². The first-order chi connectivity index (χ1) is 13.4. The summed E-state index contributed by atoms with van der Waals surface area (Å²) < 4.78 is 53.3. The van der Waals surface area contributed by atoms with Gasteiger partial charge < -0.3 is 19.3 Å². The Bertz CT molecular complexity index is 1020. The fourth-order valence-corrected chi connectivity index (χ4v) is 2.55. The first-order valence-electron chi connectivity index (χ1n) is 8.08. The zero-order valence-electron chi connectivity index (χ0n) is 14.1. The van der Waals surface area contributed by atoms with Crippen LogP contribution in [-0.4, -0.2) is 22.8 Å². The normalized spacial score (nSPS) is 12.8. The molecule has 0 atom stereocenters. The number of nitrogens with zero attached hydrogens (tertiary/aromatic N) is 2. The lowest BCUT2D eigenvalue weighted by atomic mass is 10.1. The third-order valence-corrected chi connectivity index (χ3v) is 3.97. The molecule has 2 aromatic carbocycles. The number of fused-ring (bicyclic) bond motifs is 1. The molecule has 1 aliphatic rings. The second-order valence-corrected chi connectivity index (χ2v) is 5.84. The zero-order chi connectivity index (χ0) is 19.7. The maximum absolute atomic E-state index is 12.6. The molecule has 0 saturated carbocycles. The Kier molecular flexibility index (Phi) is 4.38. The fourth-order valence-electron chi connectivity index (χ4n) is 2.55. The summed E-state index contributed by atoms with van der Waals surface area (Å²) in [5.41, 5.74) is -0.0915. The van der Waals surface area contributed by atoms with Crippen LogP contribution in [0.1, 0.15) is 21.8 Å². The van der Waals surface area contributed by atoms with Crippen molar-refractivity contribution in [2.45, 2.75) is 12.7 Å². The van der Waals surface area contributed by atoms with Crippen molar-refractivity contribution in [3.05, 3.63) is 59.5 Å². The lowest BCUT2D eigenvalue weighted by molar-refractivity contribution is -0.137. The van der Waals surface area contributed by atoms with Gasteiger partial charge in [0.05, 0.1) is 12.1 Å². The van der Waals surface area contributed by atoms with Gasteiger partial charge in [-0.1, -0.05) is 5.16 Å². The van der Waals surface area contributed by atoms with Gasteiger partial charge in [-0.05, 0) is 42.5 Å². The summed E-state index contributed by atoms with van der Waals surface area (Å²) in [4.78, 5) is 16.3. The van der Waals surface area contributed by atoms with Crippen LogP contribution >= 0.6 is 0 Å². The van der Waals surface area contributed by atoms with Crippen molar-refractivity contribution >= 4 is 5.91 Å². The van der Waals surface area contributed by atoms with Crippen molar-refractivity contribution in [1.29, 1.82) is 0 Å². The molecular formula is C18H12F3N3O4. The Morgan fingerprint density at radius 1 is 1.07 bits per heavy atom. The van der Waals surface area contributed by atoms with Crippen LogP contribution in [0.3, 0.4) is 0 Å². The molecule has 0 saturated heterocycles. The molecule has 0 radical (unpaired) electrons. The predicted molar refractivity (Wildman–Crippen MR) is 88.5 cm³/mol. The van der Waals surface area contributed by atoms with Gasteiger partial charge in [0.25, 0.3) is 5.91 Å². The first-order valence-corrected chi connectivity index (χ1v) is 8.08. The molecule has 144 valence electrons. The molecule has 1 aliphatic heterocycles. The maximum Gasteiger partial charge on any atom is 0.416 e. The summed E-state index contributed by atoms with van der Waals surface area (Å²) >= 11 is 0. The number of halogens is 3. The van der Waals surface area contributed by atoms with Gasteiger partial charge >= 0.3 is 6.18 Å². The summed E-state index contributed by atoms with van der Waals surface area (Å²) in [6.45, 7) is 0.0731. The van der Waals surface area contributed by atoms with Crippen molar-refractivity contribution in [3.63, 3.8) is 0 Å². The van der Waals surface area contributed by atoms with Crippen LogP contribution in [0.5, 0.6) is 11.5 Å². The molecule has 0 bridgehead atoms. The average molecular weight is 391 g/mol. The summed E-state index contributed by atoms with van der Waals surface area (Å²) in [6.07, 6.45) is -4.45. The van der Waals surface area contributed by atoms with E-state index in [4.69, 9.17) is 14.0 Å². The van der Waals surface area contributed by atoms with E-state index in [1.807, 2.05) is 0 Å². The van der Waals surface area contributed by atoms with Crippen LogP contribution in [0.15, 0.2) is 47.0 Å². The van der Waals surface area contributed by atoms with Crippen molar-refractivity contribution in [1.82, 2.24) is 15.5 Å². The third kappa shape index (κ3) is 3.61. The molecule has 0 fully saturated rings. The Hall–Kier alpha value is -3.56. The van der Waals surface area contributed by atoms with Crippen LogP contribution in [0, 0.1) is 0 Å². The van der Waals surface area contributed by atoms with Crippen molar-refractivity contribution < 1.29 is 32.0 Å². The molecule has 28 heavy (non-hydrogen) atoms. The summed E-state index contributed by atoms with van der Waals surface area (Å²) in [6, 6.07) is 9.06. The van der Waals surface area contributed by atoms with Crippen molar-refractivity contribution in [2.75, 3.05) is 6.79 Å². The lowest BCUT2D eigenvalue weighted by Crippen LogP contribution is -2.23. The highest BCUT2D eigenvalue weighted by molar-refractivity contribution is 5.94. The first kappa shape index (κ1) is 17.8. The summed E-state index contributed by atoms with van der Waals surface area (Å²) in [7, 11) is 0. The summed E-state index contributed by atoms with van der Waals surface area (Å²) in [5, 5.41) is 6.36. The molecule has 1 aromatic heterocycles. The maximum atomic E-state index is 12.6. The fraction of sp³-hybridized carbons (Fsp3) is 0.167. The van der Waals surface area contributed by atoms with E-state index < -0.39 is 17.6 Å². The van der Waals surface area contributed by atoms with Crippen LogP contribution < -0.4 is 14.8 Å². The van der Waals surface area contributed by atoms with E-state index in [0.29, 0.717) is 22.9 Å². The Balaban J connectivity index is 1.40. The highest BCUT2D eigenvalue weighted by atomic mass is 19.4.